The van der Waals surface area contributed by atoms with Gasteiger partial charge in [-0.15, -0.1) is 24.0 Å². The lowest BCUT2D eigenvalue weighted by Crippen LogP contribution is -2.52. The molecule has 0 unspecified atom stereocenters. The lowest BCUT2D eigenvalue weighted by molar-refractivity contribution is 0.372. The van der Waals surface area contributed by atoms with Gasteiger partial charge in [-0.25, -0.2) is 9.97 Å². The highest BCUT2D eigenvalue weighted by atomic mass is 127. The maximum atomic E-state index is 5.26. The maximum absolute atomic E-state index is 5.26. The second-order valence-electron chi connectivity index (χ2n) is 7.56. The van der Waals surface area contributed by atoms with Crippen LogP contribution in [0.25, 0.3) is 11.0 Å². The number of anilines is 2. The van der Waals surface area contributed by atoms with Crippen LogP contribution in [-0.2, 0) is 7.05 Å². The first-order valence-electron chi connectivity index (χ1n) is 11.0. The molecule has 3 heterocycles. The Balaban J connectivity index is 0.00000306. The Morgan fingerprint density at radius 3 is 2.58 bits per heavy atom. The van der Waals surface area contributed by atoms with E-state index >= 15 is 0 Å². The number of benzene rings is 1. The number of aliphatic imine (C=N–C) groups is 1. The molecule has 0 bridgehead atoms. The van der Waals surface area contributed by atoms with Crippen molar-refractivity contribution in [3.8, 4) is 5.75 Å². The topological polar surface area (TPSA) is 95.7 Å². The van der Waals surface area contributed by atoms with E-state index in [0.717, 1.165) is 61.3 Å². The van der Waals surface area contributed by atoms with Crippen molar-refractivity contribution in [2.45, 2.75) is 6.92 Å². The molecule has 33 heavy (non-hydrogen) atoms. The normalized spacial score (nSPS) is 14.2. The van der Waals surface area contributed by atoms with Gasteiger partial charge in [0.05, 0.1) is 25.2 Å². The third-order valence-corrected chi connectivity index (χ3v) is 5.55. The number of hydrogen-bond acceptors (Lipinski definition) is 7. The molecule has 0 amide bonds. The Labute approximate surface area is 211 Å². The zero-order valence-corrected chi connectivity index (χ0v) is 21.7. The number of hydrogen-bond donors (Lipinski definition) is 2. The molecule has 1 fully saturated rings. The van der Waals surface area contributed by atoms with Crippen LogP contribution in [0.3, 0.4) is 0 Å². The van der Waals surface area contributed by atoms with Crippen LogP contribution in [0.1, 0.15) is 6.92 Å². The van der Waals surface area contributed by atoms with Crippen molar-refractivity contribution >= 4 is 52.5 Å². The van der Waals surface area contributed by atoms with Gasteiger partial charge in [0, 0.05) is 52.0 Å². The summed E-state index contributed by atoms with van der Waals surface area (Å²) in [5, 5.41) is 12.0. The number of piperazine rings is 1. The monoisotopic (exact) mass is 565 g/mol. The average molecular weight is 565 g/mol. The minimum atomic E-state index is 0. The van der Waals surface area contributed by atoms with Gasteiger partial charge in [0.25, 0.3) is 0 Å². The zero-order chi connectivity index (χ0) is 22.3. The largest absolute Gasteiger partial charge is 0.497 e. The summed E-state index contributed by atoms with van der Waals surface area (Å²) in [6.07, 6.45) is 3.34. The number of nitrogens with one attached hydrogen (secondary N) is 2. The molecule has 3 aromatic rings. The van der Waals surface area contributed by atoms with Crippen molar-refractivity contribution in [3.63, 3.8) is 0 Å². The van der Waals surface area contributed by atoms with E-state index in [1.54, 1.807) is 24.3 Å². The first-order valence-corrected chi connectivity index (χ1v) is 11.0. The lowest BCUT2D eigenvalue weighted by Gasteiger charge is -2.37. The van der Waals surface area contributed by atoms with E-state index in [9.17, 15) is 0 Å². The van der Waals surface area contributed by atoms with Crippen LogP contribution in [-0.4, -0.2) is 83.5 Å². The van der Waals surface area contributed by atoms with Gasteiger partial charge in [0.15, 0.2) is 11.6 Å². The molecular formula is C22H32IN9O. The van der Waals surface area contributed by atoms with Crippen LogP contribution < -0.4 is 20.3 Å². The summed E-state index contributed by atoms with van der Waals surface area (Å²) in [4.78, 5) is 18.2. The summed E-state index contributed by atoms with van der Waals surface area (Å²) in [5.41, 5.74) is 2.04. The molecule has 1 aromatic carbocycles. The van der Waals surface area contributed by atoms with Gasteiger partial charge in [-0.1, -0.05) is 0 Å². The minimum Gasteiger partial charge on any atom is -0.497 e. The van der Waals surface area contributed by atoms with Gasteiger partial charge in [-0.3, -0.25) is 9.67 Å². The fourth-order valence-corrected chi connectivity index (χ4v) is 3.83. The summed E-state index contributed by atoms with van der Waals surface area (Å²) in [7, 11) is 3.57. The smallest absolute Gasteiger partial charge is 0.194 e. The molecule has 1 aliphatic rings. The van der Waals surface area contributed by atoms with Crippen molar-refractivity contribution in [3.05, 3.63) is 36.8 Å². The van der Waals surface area contributed by atoms with E-state index in [0.29, 0.717) is 13.1 Å². The molecule has 4 rings (SSSR count). The molecule has 10 nitrogen and oxygen atoms in total. The van der Waals surface area contributed by atoms with E-state index in [1.165, 1.54) is 5.69 Å². The molecule has 1 saturated heterocycles. The molecule has 2 N–H and O–H groups in total. The second-order valence-corrected chi connectivity index (χ2v) is 7.56. The van der Waals surface area contributed by atoms with Crippen LogP contribution >= 0.6 is 24.0 Å². The summed E-state index contributed by atoms with van der Waals surface area (Å²) >= 11 is 0. The highest BCUT2D eigenvalue weighted by Crippen LogP contribution is 2.20. The number of aryl methyl sites for hydroxylation is 1. The molecule has 0 aliphatic carbocycles. The number of nitrogens with zero attached hydrogens (tertiary/aromatic N) is 7. The van der Waals surface area contributed by atoms with E-state index in [4.69, 9.17) is 9.73 Å². The third-order valence-electron chi connectivity index (χ3n) is 5.55. The number of rotatable bonds is 7. The van der Waals surface area contributed by atoms with Crippen LogP contribution in [0.2, 0.25) is 0 Å². The quantitative estimate of drug-likeness (QED) is 0.195. The van der Waals surface area contributed by atoms with Crippen molar-refractivity contribution in [2.24, 2.45) is 12.0 Å². The molecule has 11 heteroatoms. The van der Waals surface area contributed by atoms with Gasteiger partial charge in [-0.2, -0.15) is 5.10 Å². The Kier molecular flexibility index (Phi) is 8.92. The SMILES string of the molecule is CCNC(=NCCNc1ncnc2c1cnn2C)N1CCN(c2ccc(OC)cc2)CC1.I. The minimum absolute atomic E-state index is 0. The first kappa shape index (κ1) is 24.8. The van der Waals surface area contributed by atoms with Gasteiger partial charge in [0.2, 0.25) is 0 Å². The summed E-state index contributed by atoms with van der Waals surface area (Å²) in [5.74, 6) is 2.63. The van der Waals surface area contributed by atoms with E-state index in [2.05, 4.69) is 54.6 Å². The average Bonchev–Trinajstić information content (AvgIpc) is 3.23. The van der Waals surface area contributed by atoms with Gasteiger partial charge in [0.1, 0.15) is 17.9 Å². The van der Waals surface area contributed by atoms with Crippen LogP contribution in [0, 0.1) is 0 Å². The highest BCUT2D eigenvalue weighted by molar-refractivity contribution is 14.0. The summed E-state index contributed by atoms with van der Waals surface area (Å²) in [6, 6.07) is 8.26. The van der Waals surface area contributed by atoms with E-state index in [-0.39, 0.29) is 24.0 Å². The molecule has 0 atom stereocenters. The van der Waals surface area contributed by atoms with E-state index in [1.807, 2.05) is 19.2 Å². The standard InChI is InChI=1S/C22H31N9O.HI/c1-4-23-22(25-10-9-24-20-19-15-28-29(2)21(19)27-16-26-20)31-13-11-30(12-14-31)17-5-7-18(32-3)8-6-17;/h5-8,15-16H,4,9-14H2,1-3H3,(H,23,25)(H,24,26,27);1H. The zero-order valence-electron chi connectivity index (χ0n) is 19.4. The molecule has 0 spiro atoms. The van der Waals surface area contributed by atoms with Crippen LogP contribution in [0.4, 0.5) is 11.5 Å². The van der Waals surface area contributed by atoms with Crippen LogP contribution in [0.5, 0.6) is 5.75 Å². The number of aromatic nitrogens is 4. The van der Waals surface area contributed by atoms with Crippen molar-refractivity contribution in [2.75, 3.05) is 63.1 Å². The third kappa shape index (κ3) is 5.95. The predicted octanol–water partition coefficient (Wildman–Crippen LogP) is 2.19. The van der Waals surface area contributed by atoms with Crippen LogP contribution in [0.15, 0.2) is 41.8 Å². The molecule has 178 valence electrons. The van der Waals surface area contributed by atoms with Crippen molar-refractivity contribution in [1.82, 2.24) is 30.0 Å². The number of guanidine groups is 1. The predicted molar refractivity (Wildman–Crippen MR) is 143 cm³/mol. The van der Waals surface area contributed by atoms with Gasteiger partial charge in [-0.05, 0) is 31.2 Å². The lowest BCUT2D eigenvalue weighted by atomic mass is 10.2. The fraction of sp³-hybridized carbons (Fsp3) is 0.455. The second kappa shape index (κ2) is 11.9. The van der Waals surface area contributed by atoms with Gasteiger partial charge < -0.3 is 25.2 Å². The summed E-state index contributed by atoms with van der Waals surface area (Å²) in [6.45, 7) is 8.02. The number of fused-ring (bicyclic) bond motifs is 1. The molecule has 2 aromatic heterocycles. The van der Waals surface area contributed by atoms with Gasteiger partial charge >= 0.3 is 0 Å². The Morgan fingerprint density at radius 1 is 1.12 bits per heavy atom. The maximum Gasteiger partial charge on any atom is 0.194 e. The Hall–Kier alpha value is -2.83. The first-order chi connectivity index (χ1) is 15.7. The number of halogens is 1. The van der Waals surface area contributed by atoms with E-state index < -0.39 is 0 Å². The molecule has 0 saturated carbocycles. The Bertz CT molecular complexity index is 1050. The fourth-order valence-electron chi connectivity index (χ4n) is 3.83. The number of ether oxygens (including phenoxy) is 1. The van der Waals surface area contributed by atoms with Crippen molar-refractivity contribution < 1.29 is 4.74 Å². The highest BCUT2D eigenvalue weighted by Gasteiger charge is 2.19. The van der Waals surface area contributed by atoms with Crippen molar-refractivity contribution in [1.29, 1.82) is 0 Å². The molecule has 0 radical (unpaired) electrons. The Morgan fingerprint density at radius 2 is 1.88 bits per heavy atom. The number of methoxy groups -OCH3 is 1. The molecule has 1 aliphatic heterocycles. The molecular weight excluding hydrogens is 533 g/mol. The summed E-state index contributed by atoms with van der Waals surface area (Å²) < 4.78 is 7.01.